The lowest BCUT2D eigenvalue weighted by Gasteiger charge is -2.14. The first-order chi connectivity index (χ1) is 9.90. The molecule has 3 heterocycles. The van der Waals surface area contributed by atoms with E-state index in [0.29, 0.717) is 19.5 Å². The molecule has 0 bridgehead atoms. The van der Waals surface area contributed by atoms with Gasteiger partial charge in [-0.3, -0.25) is 0 Å². The maximum Gasteiger partial charge on any atom is 0.257 e. The molecule has 0 radical (unpaired) electrons. The average molecular weight is 334 g/mol. The summed E-state index contributed by atoms with van der Waals surface area (Å²) in [6.45, 7) is 1.36. The number of sulfonamides is 2. The van der Waals surface area contributed by atoms with Crippen molar-refractivity contribution in [1.29, 1.82) is 0 Å². The van der Waals surface area contributed by atoms with Crippen molar-refractivity contribution in [3.8, 4) is 0 Å². The molecule has 3 rings (SSSR count). The molecular formula is C11H18N4O4S2. The van der Waals surface area contributed by atoms with Gasteiger partial charge in [0.05, 0.1) is 11.9 Å². The Kier molecular flexibility index (Phi) is 3.80. The molecule has 2 aliphatic heterocycles. The number of aromatic nitrogens is 2. The molecule has 118 valence electrons. The number of hydrogen-bond acceptors (Lipinski definition) is 5. The van der Waals surface area contributed by atoms with Crippen molar-refractivity contribution in [2.24, 2.45) is 0 Å². The smallest absolute Gasteiger partial charge is 0.257 e. The van der Waals surface area contributed by atoms with E-state index in [4.69, 9.17) is 0 Å². The lowest BCUT2D eigenvalue weighted by molar-refractivity contribution is 0.444. The summed E-state index contributed by atoms with van der Waals surface area (Å²) in [7, 11) is -6.83. The Labute approximate surface area is 124 Å². The number of hydrogen-bond donors (Lipinski definition) is 1. The lowest BCUT2D eigenvalue weighted by Crippen LogP contribution is -2.36. The van der Waals surface area contributed by atoms with Crippen molar-refractivity contribution >= 4 is 20.0 Å². The zero-order chi connectivity index (χ0) is 15.1. The Bertz CT molecular complexity index is 738. The first-order valence-corrected chi connectivity index (χ1v) is 10.0. The van der Waals surface area contributed by atoms with Gasteiger partial charge in [0.15, 0.2) is 5.03 Å². The molecule has 0 saturated carbocycles. The van der Waals surface area contributed by atoms with Gasteiger partial charge in [0, 0.05) is 32.6 Å². The Morgan fingerprint density at radius 2 is 2.10 bits per heavy atom. The van der Waals surface area contributed by atoms with Gasteiger partial charge in [-0.15, -0.1) is 0 Å². The van der Waals surface area contributed by atoms with Crippen molar-refractivity contribution < 1.29 is 16.8 Å². The van der Waals surface area contributed by atoms with Gasteiger partial charge < -0.3 is 4.57 Å². The molecule has 0 amide bonds. The summed E-state index contributed by atoms with van der Waals surface area (Å²) in [6.07, 6.45) is 3.66. The van der Waals surface area contributed by atoms with E-state index in [0.717, 1.165) is 18.7 Å². The van der Waals surface area contributed by atoms with Crippen LogP contribution in [0, 0.1) is 0 Å². The number of imidazole rings is 1. The molecule has 8 nitrogen and oxygen atoms in total. The van der Waals surface area contributed by atoms with E-state index >= 15 is 0 Å². The van der Waals surface area contributed by atoms with E-state index in [2.05, 4.69) is 9.71 Å². The number of aryl methyl sites for hydroxylation is 1. The Balaban J connectivity index is 1.64. The number of fused-ring (bicyclic) bond motifs is 1. The van der Waals surface area contributed by atoms with Gasteiger partial charge in [-0.2, -0.15) is 0 Å². The maximum absolute atomic E-state index is 12.2. The van der Waals surface area contributed by atoms with E-state index in [1.807, 2.05) is 0 Å². The highest BCUT2D eigenvalue weighted by Crippen LogP contribution is 2.19. The van der Waals surface area contributed by atoms with Crippen LogP contribution in [0.4, 0.5) is 0 Å². The van der Waals surface area contributed by atoms with Gasteiger partial charge in [0.1, 0.15) is 5.82 Å². The normalized spacial score (nSPS) is 21.7. The van der Waals surface area contributed by atoms with Crippen LogP contribution >= 0.6 is 0 Å². The molecule has 0 atom stereocenters. The minimum atomic E-state index is -3.64. The predicted molar refractivity (Wildman–Crippen MR) is 75.7 cm³/mol. The zero-order valence-electron chi connectivity index (χ0n) is 11.5. The van der Waals surface area contributed by atoms with E-state index in [-0.39, 0.29) is 23.9 Å². The topological polar surface area (TPSA) is 101 Å². The van der Waals surface area contributed by atoms with Gasteiger partial charge in [0.2, 0.25) is 10.0 Å². The first kappa shape index (κ1) is 14.9. The second kappa shape index (κ2) is 5.34. The summed E-state index contributed by atoms with van der Waals surface area (Å²) in [5.41, 5.74) is 0. The Morgan fingerprint density at radius 1 is 1.29 bits per heavy atom. The Hall–Kier alpha value is -0.970. The van der Waals surface area contributed by atoms with E-state index in [1.54, 1.807) is 4.57 Å². The molecule has 1 aromatic rings. The fraction of sp³-hybridized carbons (Fsp3) is 0.727. The van der Waals surface area contributed by atoms with Gasteiger partial charge in [-0.25, -0.2) is 30.8 Å². The monoisotopic (exact) mass is 334 g/mol. The van der Waals surface area contributed by atoms with Crippen LogP contribution in [0.15, 0.2) is 11.2 Å². The molecule has 1 fully saturated rings. The van der Waals surface area contributed by atoms with E-state index < -0.39 is 20.0 Å². The predicted octanol–water partition coefficient (Wildman–Crippen LogP) is -0.857. The SMILES string of the molecule is O=S(=O)(NCCN1CCCS1(=O)=O)c1cnc2n1CCC2. The number of nitrogens with one attached hydrogen (secondary N) is 1. The third-order valence-corrected chi connectivity index (χ3v) is 7.23. The average Bonchev–Trinajstić information content (AvgIpc) is 3.04. The molecule has 2 aliphatic rings. The van der Waals surface area contributed by atoms with Gasteiger partial charge in [-0.05, 0) is 12.8 Å². The molecule has 0 unspecified atom stereocenters. The van der Waals surface area contributed by atoms with Crippen LogP contribution in [-0.2, 0) is 33.0 Å². The summed E-state index contributed by atoms with van der Waals surface area (Å²) in [5.74, 6) is 0.938. The minimum Gasteiger partial charge on any atom is -0.318 e. The second-order valence-corrected chi connectivity index (χ2v) is 9.04. The van der Waals surface area contributed by atoms with Crippen LogP contribution in [0.5, 0.6) is 0 Å². The molecular weight excluding hydrogens is 316 g/mol. The molecule has 21 heavy (non-hydrogen) atoms. The van der Waals surface area contributed by atoms with Gasteiger partial charge in [0.25, 0.3) is 10.0 Å². The van der Waals surface area contributed by atoms with Gasteiger partial charge >= 0.3 is 0 Å². The minimum absolute atomic E-state index is 0.0715. The number of nitrogens with zero attached hydrogens (tertiary/aromatic N) is 3. The van der Waals surface area contributed by atoms with Crippen molar-refractivity contribution in [2.75, 3.05) is 25.4 Å². The Morgan fingerprint density at radius 3 is 2.81 bits per heavy atom. The quantitative estimate of drug-likeness (QED) is 0.755. The van der Waals surface area contributed by atoms with Crippen LogP contribution < -0.4 is 4.72 Å². The molecule has 1 saturated heterocycles. The largest absolute Gasteiger partial charge is 0.318 e. The third kappa shape index (κ3) is 2.85. The molecule has 0 aromatic carbocycles. The van der Waals surface area contributed by atoms with Crippen LogP contribution in [0.2, 0.25) is 0 Å². The van der Waals surface area contributed by atoms with E-state index in [1.165, 1.54) is 10.5 Å². The third-order valence-electron chi connectivity index (χ3n) is 3.82. The highest BCUT2D eigenvalue weighted by atomic mass is 32.2. The zero-order valence-corrected chi connectivity index (χ0v) is 13.2. The lowest BCUT2D eigenvalue weighted by atomic mass is 10.4. The summed E-state index contributed by atoms with van der Waals surface area (Å²) in [6, 6.07) is 0. The van der Waals surface area contributed by atoms with Crippen LogP contribution in [-0.4, -0.2) is 56.1 Å². The second-order valence-electron chi connectivity index (χ2n) is 5.23. The highest BCUT2D eigenvalue weighted by molar-refractivity contribution is 7.89. The van der Waals surface area contributed by atoms with Gasteiger partial charge in [-0.1, -0.05) is 0 Å². The van der Waals surface area contributed by atoms with Crippen LogP contribution in [0.25, 0.3) is 0 Å². The molecule has 1 N–H and O–H groups in total. The van der Waals surface area contributed by atoms with Crippen molar-refractivity contribution in [3.05, 3.63) is 12.0 Å². The summed E-state index contributed by atoms with van der Waals surface area (Å²) < 4.78 is 53.3. The first-order valence-electron chi connectivity index (χ1n) is 6.92. The standard InChI is InChI=1S/C11H18N4O4S2/c16-20(17)8-2-5-14(20)7-4-13-21(18,19)11-9-12-10-3-1-6-15(10)11/h9,13H,1-8H2. The molecule has 0 aliphatic carbocycles. The molecule has 0 spiro atoms. The summed E-state index contributed by atoms with van der Waals surface area (Å²) in [4.78, 5) is 4.11. The van der Waals surface area contributed by atoms with Crippen LogP contribution in [0.3, 0.4) is 0 Å². The number of rotatable bonds is 5. The fourth-order valence-electron chi connectivity index (χ4n) is 2.77. The maximum atomic E-state index is 12.2. The van der Waals surface area contributed by atoms with Crippen molar-refractivity contribution in [1.82, 2.24) is 18.6 Å². The summed E-state index contributed by atoms with van der Waals surface area (Å²) in [5, 5.41) is 0.166. The summed E-state index contributed by atoms with van der Waals surface area (Å²) >= 11 is 0. The van der Waals surface area contributed by atoms with E-state index in [9.17, 15) is 16.8 Å². The van der Waals surface area contributed by atoms with Crippen molar-refractivity contribution in [3.63, 3.8) is 0 Å². The fourth-order valence-corrected chi connectivity index (χ4v) is 5.48. The van der Waals surface area contributed by atoms with Crippen LogP contribution in [0.1, 0.15) is 18.7 Å². The van der Waals surface area contributed by atoms with Crippen molar-refractivity contribution in [2.45, 2.75) is 30.8 Å². The molecule has 10 heteroatoms. The molecule has 1 aromatic heterocycles. The highest BCUT2D eigenvalue weighted by Gasteiger charge is 2.29.